The van der Waals surface area contributed by atoms with Crippen LogP contribution >= 0.6 is 0 Å². The highest BCUT2D eigenvalue weighted by Crippen LogP contribution is 2.24. The van der Waals surface area contributed by atoms with E-state index in [0.717, 1.165) is 24.9 Å². The smallest absolute Gasteiger partial charge is 0.419 e. The maximum absolute atomic E-state index is 12.7. The van der Waals surface area contributed by atoms with Gasteiger partial charge in [0.25, 0.3) is 0 Å². The van der Waals surface area contributed by atoms with Gasteiger partial charge in [0.15, 0.2) is 0 Å². The first-order valence-corrected chi connectivity index (χ1v) is 11.1. The Morgan fingerprint density at radius 3 is 2.03 bits per heavy atom. The number of carbonyl (C=O) groups excluding carboxylic acids is 3. The average Bonchev–Trinajstić information content (AvgIpc) is 2.82. The van der Waals surface area contributed by atoms with Crippen LogP contribution in [0.1, 0.15) is 57.1 Å². The van der Waals surface area contributed by atoms with Gasteiger partial charge in [-0.1, -0.05) is 32.8 Å². The summed E-state index contributed by atoms with van der Waals surface area (Å²) in [4.78, 5) is 49.5. The van der Waals surface area contributed by atoms with E-state index in [9.17, 15) is 19.2 Å². The Morgan fingerprint density at radius 1 is 0.971 bits per heavy atom. The molecule has 0 saturated carbocycles. The van der Waals surface area contributed by atoms with Crippen molar-refractivity contribution in [2.75, 3.05) is 27.4 Å². The van der Waals surface area contributed by atoms with Gasteiger partial charge in [0.05, 0.1) is 40.4 Å². The molecule has 0 heterocycles. The van der Waals surface area contributed by atoms with E-state index in [4.69, 9.17) is 19.3 Å². The van der Waals surface area contributed by atoms with Crippen molar-refractivity contribution in [1.29, 1.82) is 0 Å². The fourth-order valence-electron chi connectivity index (χ4n) is 2.79. The minimum atomic E-state index is -1.22. The molecule has 0 spiro atoms. The molecular weight excluding hydrogens is 446 g/mol. The quantitative estimate of drug-likeness (QED) is 0.189. The van der Waals surface area contributed by atoms with Crippen LogP contribution in [-0.4, -0.2) is 61.6 Å². The third kappa shape index (κ3) is 9.51. The molecular formula is C24H33NO9. The summed E-state index contributed by atoms with van der Waals surface area (Å²) in [5.41, 5.74) is 0.699. The van der Waals surface area contributed by atoms with Crippen LogP contribution < -0.4 is 4.74 Å². The van der Waals surface area contributed by atoms with Crippen molar-refractivity contribution in [3.8, 4) is 5.75 Å². The average molecular weight is 480 g/mol. The number of carboxylic acid groups (broad SMARTS) is 1. The molecule has 1 rings (SSSR count). The summed E-state index contributed by atoms with van der Waals surface area (Å²) in [6.45, 7) is 3.92. The van der Waals surface area contributed by atoms with Crippen LogP contribution in [-0.2, 0) is 30.3 Å². The molecule has 0 aliphatic heterocycles. The van der Waals surface area contributed by atoms with Gasteiger partial charge in [0, 0.05) is 5.57 Å². The minimum absolute atomic E-state index is 0.107. The number of aliphatic carboxylic acids is 1. The van der Waals surface area contributed by atoms with Gasteiger partial charge in [-0.3, -0.25) is 4.79 Å². The normalized spacial score (nSPS) is 10.9. The zero-order valence-corrected chi connectivity index (χ0v) is 20.1. The van der Waals surface area contributed by atoms with Gasteiger partial charge in [-0.05, 0) is 42.2 Å². The first kappa shape index (κ1) is 28.5. The molecule has 34 heavy (non-hydrogen) atoms. The van der Waals surface area contributed by atoms with Crippen LogP contribution in [0, 0.1) is 0 Å². The van der Waals surface area contributed by atoms with Gasteiger partial charge in [0.2, 0.25) is 0 Å². The number of carboxylic acids is 1. The molecule has 0 unspecified atom stereocenters. The monoisotopic (exact) mass is 479 g/mol. The number of carbonyl (C=O) groups is 4. The molecule has 0 atom stereocenters. The largest absolute Gasteiger partial charge is 0.497 e. The Kier molecular flexibility index (Phi) is 12.8. The van der Waals surface area contributed by atoms with Crippen molar-refractivity contribution in [3.05, 3.63) is 34.9 Å². The number of benzene rings is 1. The molecule has 188 valence electrons. The topological polar surface area (TPSA) is 129 Å². The first-order valence-electron chi connectivity index (χ1n) is 11.1. The number of amides is 2. The fraction of sp³-hybridized carbons (Fsp3) is 0.500. The molecule has 1 aromatic rings. The Labute approximate surface area is 199 Å². The maximum atomic E-state index is 12.7. The highest BCUT2D eigenvalue weighted by atomic mass is 16.6. The zero-order chi connectivity index (χ0) is 25.5. The van der Waals surface area contributed by atoms with Crippen LogP contribution in [0.15, 0.2) is 23.8 Å². The van der Waals surface area contributed by atoms with E-state index in [1.165, 1.54) is 13.2 Å². The third-order valence-corrected chi connectivity index (χ3v) is 4.69. The van der Waals surface area contributed by atoms with Gasteiger partial charge in [0.1, 0.15) is 5.75 Å². The van der Waals surface area contributed by atoms with E-state index >= 15 is 0 Å². The molecule has 1 N–H and O–H groups in total. The molecule has 0 aromatic heterocycles. The van der Waals surface area contributed by atoms with Gasteiger partial charge in [-0.2, -0.15) is 0 Å². The molecule has 1 aromatic carbocycles. The summed E-state index contributed by atoms with van der Waals surface area (Å²) < 4.78 is 20.4. The summed E-state index contributed by atoms with van der Waals surface area (Å²) in [6, 6.07) is 4.77. The van der Waals surface area contributed by atoms with Gasteiger partial charge < -0.3 is 24.1 Å². The lowest BCUT2D eigenvalue weighted by Crippen LogP contribution is -2.37. The number of unbranched alkanes of at least 4 members (excludes halogenated alkanes) is 2. The lowest BCUT2D eigenvalue weighted by Gasteiger charge is -2.21. The van der Waals surface area contributed by atoms with Crippen molar-refractivity contribution < 1.29 is 43.2 Å². The van der Waals surface area contributed by atoms with Gasteiger partial charge in [-0.15, -0.1) is 0 Å². The number of rotatable bonds is 13. The van der Waals surface area contributed by atoms with Gasteiger partial charge in [-0.25, -0.2) is 19.3 Å². The second-order valence-electron chi connectivity index (χ2n) is 7.32. The Hall–Kier alpha value is -3.56. The number of methoxy groups -OCH3 is 2. The molecule has 10 heteroatoms. The van der Waals surface area contributed by atoms with E-state index in [-0.39, 0.29) is 25.3 Å². The number of ether oxygens (including phenoxy) is 4. The molecule has 10 nitrogen and oxygen atoms in total. The summed E-state index contributed by atoms with van der Waals surface area (Å²) in [7, 11) is 2.60. The number of hydrogen-bond acceptors (Lipinski definition) is 8. The molecule has 0 fully saturated rings. The first-order chi connectivity index (χ1) is 16.3. The van der Waals surface area contributed by atoms with E-state index < -0.39 is 30.5 Å². The van der Waals surface area contributed by atoms with Crippen LogP contribution in [0.2, 0.25) is 0 Å². The fourth-order valence-corrected chi connectivity index (χ4v) is 2.79. The van der Waals surface area contributed by atoms with Crippen molar-refractivity contribution in [2.45, 2.75) is 52.5 Å². The van der Waals surface area contributed by atoms with Crippen LogP contribution in [0.4, 0.5) is 9.59 Å². The van der Waals surface area contributed by atoms with E-state index in [2.05, 4.69) is 4.74 Å². The second kappa shape index (κ2) is 15.3. The predicted octanol–water partition coefficient (Wildman–Crippen LogP) is 4.40. The summed E-state index contributed by atoms with van der Waals surface area (Å²) in [5, 5.41) is 9.16. The lowest BCUT2D eigenvalue weighted by atomic mass is 10.0. The van der Waals surface area contributed by atoms with Crippen LogP contribution in [0.25, 0.3) is 6.08 Å². The number of imide groups is 1. The molecule has 0 radical (unpaired) electrons. The SMILES string of the molecule is CCCCOC(=O)N(Cc1cc(OC)ccc1/C=C(\CC(=O)O)C(=O)OC)C(=O)OCCCC. The molecule has 0 saturated heterocycles. The molecule has 0 aliphatic carbocycles. The Morgan fingerprint density at radius 2 is 1.56 bits per heavy atom. The summed E-state index contributed by atoms with van der Waals surface area (Å²) in [6.07, 6.45) is 1.91. The molecule has 0 aliphatic rings. The highest BCUT2D eigenvalue weighted by molar-refractivity contribution is 5.98. The van der Waals surface area contributed by atoms with E-state index in [0.29, 0.717) is 29.7 Å². The maximum Gasteiger partial charge on any atom is 0.419 e. The third-order valence-electron chi connectivity index (χ3n) is 4.69. The van der Waals surface area contributed by atoms with Crippen molar-refractivity contribution in [1.82, 2.24) is 4.90 Å². The second-order valence-corrected chi connectivity index (χ2v) is 7.32. The van der Waals surface area contributed by atoms with Crippen molar-refractivity contribution >= 4 is 30.2 Å². The van der Waals surface area contributed by atoms with Crippen molar-refractivity contribution in [3.63, 3.8) is 0 Å². The number of nitrogens with zero attached hydrogens (tertiary/aromatic N) is 1. The summed E-state index contributed by atoms with van der Waals surface area (Å²) >= 11 is 0. The predicted molar refractivity (Wildman–Crippen MR) is 123 cm³/mol. The minimum Gasteiger partial charge on any atom is -0.497 e. The Bertz CT molecular complexity index is 857. The molecule has 0 bridgehead atoms. The number of esters is 1. The lowest BCUT2D eigenvalue weighted by molar-refractivity contribution is -0.141. The standard InChI is InChI=1S/C24H33NO9/c1-5-7-11-33-23(29)25(24(30)34-12-8-6-2)16-19-14-20(31-3)10-9-17(19)13-18(15-21(26)27)22(28)32-4/h9-10,13-14H,5-8,11-12,15-16H2,1-4H3,(H,26,27)/b18-13+. The van der Waals surface area contributed by atoms with Crippen LogP contribution in [0.3, 0.4) is 0 Å². The summed E-state index contributed by atoms with van der Waals surface area (Å²) in [5.74, 6) is -1.59. The van der Waals surface area contributed by atoms with E-state index in [1.54, 1.807) is 18.2 Å². The zero-order valence-electron chi connectivity index (χ0n) is 20.1. The number of hydrogen-bond donors (Lipinski definition) is 1. The van der Waals surface area contributed by atoms with Gasteiger partial charge >= 0.3 is 24.1 Å². The van der Waals surface area contributed by atoms with Crippen LogP contribution in [0.5, 0.6) is 5.75 Å². The van der Waals surface area contributed by atoms with Crippen molar-refractivity contribution in [2.24, 2.45) is 0 Å². The highest BCUT2D eigenvalue weighted by Gasteiger charge is 2.26. The van der Waals surface area contributed by atoms with E-state index in [1.807, 2.05) is 13.8 Å². The Balaban J connectivity index is 3.38. The molecule has 2 amide bonds.